The summed E-state index contributed by atoms with van der Waals surface area (Å²) in [5.74, 6) is 0. The van der Waals surface area contributed by atoms with Crippen LogP contribution in [0.5, 0.6) is 0 Å². The summed E-state index contributed by atoms with van der Waals surface area (Å²) >= 11 is 0. The van der Waals surface area contributed by atoms with Crippen LogP contribution in [-0.4, -0.2) is 22.6 Å². The van der Waals surface area contributed by atoms with Crippen LogP contribution in [0.4, 0.5) is 0 Å². The van der Waals surface area contributed by atoms with E-state index < -0.39 is 6.10 Å². The Morgan fingerprint density at radius 3 is 1.79 bits per heavy atom. The third kappa shape index (κ3) is 4.52. The van der Waals surface area contributed by atoms with Crippen LogP contribution in [-0.2, 0) is 6.42 Å². The molecule has 0 unspecified atom stereocenters. The minimum atomic E-state index is -0.540. The summed E-state index contributed by atoms with van der Waals surface area (Å²) in [5, 5.41) is 11.2. The number of aliphatic hydroxyl groups is 1. The predicted octanol–water partition coefficient (Wildman–Crippen LogP) is 5.78. The average molecular weight is 374 g/mol. The van der Waals surface area contributed by atoms with Crippen molar-refractivity contribution in [2.45, 2.75) is 45.4 Å². The van der Waals surface area contributed by atoms with E-state index in [0.717, 1.165) is 18.5 Å². The van der Waals surface area contributed by atoms with Crippen molar-refractivity contribution in [2.24, 2.45) is 0 Å². The van der Waals surface area contributed by atoms with Crippen molar-refractivity contribution >= 4 is 0 Å². The second-order valence-electron chi connectivity index (χ2n) is 7.34. The van der Waals surface area contributed by atoms with Gasteiger partial charge in [0.25, 0.3) is 0 Å². The molecule has 28 heavy (non-hydrogen) atoms. The van der Waals surface area contributed by atoms with E-state index in [1.165, 1.54) is 16.7 Å². The van der Waals surface area contributed by atoms with Gasteiger partial charge in [0, 0.05) is 6.04 Å². The molecule has 2 atom stereocenters. The molecule has 0 saturated heterocycles. The maximum Gasteiger partial charge on any atom is 0.0942 e. The van der Waals surface area contributed by atoms with Crippen LogP contribution in [0.2, 0.25) is 0 Å². The number of nitrogens with zero attached hydrogens (tertiary/aromatic N) is 1. The van der Waals surface area contributed by atoms with E-state index in [1.54, 1.807) is 0 Å². The molecule has 0 fully saturated rings. The molecule has 0 radical (unpaired) electrons. The van der Waals surface area contributed by atoms with E-state index in [0.29, 0.717) is 0 Å². The van der Waals surface area contributed by atoms with Crippen LogP contribution in [0.15, 0.2) is 84.9 Å². The molecule has 2 nitrogen and oxygen atoms in total. The minimum Gasteiger partial charge on any atom is -0.387 e. The van der Waals surface area contributed by atoms with Crippen LogP contribution in [0.1, 0.15) is 55.2 Å². The number of benzene rings is 3. The van der Waals surface area contributed by atoms with E-state index in [4.69, 9.17) is 0 Å². The maximum absolute atomic E-state index is 11.2. The molecule has 0 aliphatic heterocycles. The molecule has 0 amide bonds. The van der Waals surface area contributed by atoms with Crippen LogP contribution in [0.3, 0.4) is 0 Å². The van der Waals surface area contributed by atoms with Crippen LogP contribution in [0, 0.1) is 0 Å². The van der Waals surface area contributed by atoms with Crippen molar-refractivity contribution in [3.63, 3.8) is 0 Å². The number of aliphatic hydroxyl groups excluding tert-OH is 1. The zero-order valence-electron chi connectivity index (χ0n) is 17.1. The van der Waals surface area contributed by atoms with Gasteiger partial charge < -0.3 is 5.11 Å². The number of aryl methyl sites for hydroxylation is 1. The van der Waals surface area contributed by atoms with Gasteiger partial charge in [0.2, 0.25) is 0 Å². The Balaban J connectivity index is 1.97. The second kappa shape index (κ2) is 9.68. The molecule has 0 aromatic heterocycles. The first-order valence-electron chi connectivity index (χ1n) is 10.3. The molecule has 1 N–H and O–H groups in total. The van der Waals surface area contributed by atoms with Crippen LogP contribution < -0.4 is 0 Å². The summed E-state index contributed by atoms with van der Waals surface area (Å²) < 4.78 is 0. The first-order chi connectivity index (χ1) is 13.7. The molecular weight excluding hydrogens is 342 g/mol. The lowest BCUT2D eigenvalue weighted by Crippen LogP contribution is -2.40. The van der Waals surface area contributed by atoms with E-state index >= 15 is 0 Å². The predicted molar refractivity (Wildman–Crippen MR) is 117 cm³/mol. The normalized spacial score (nSPS) is 13.6. The topological polar surface area (TPSA) is 23.5 Å². The van der Waals surface area contributed by atoms with Crippen molar-refractivity contribution in [3.8, 4) is 0 Å². The summed E-state index contributed by atoms with van der Waals surface area (Å²) in [4.78, 5) is 2.40. The summed E-state index contributed by atoms with van der Waals surface area (Å²) in [5.41, 5.74) is 4.74. The van der Waals surface area contributed by atoms with Gasteiger partial charge in [-0.3, -0.25) is 4.90 Å². The quantitative estimate of drug-likeness (QED) is 0.541. The van der Waals surface area contributed by atoms with Crippen molar-refractivity contribution in [1.82, 2.24) is 4.90 Å². The molecule has 0 aliphatic carbocycles. The van der Waals surface area contributed by atoms with Gasteiger partial charge in [-0.25, -0.2) is 0 Å². The van der Waals surface area contributed by atoms with Crippen molar-refractivity contribution in [1.29, 1.82) is 0 Å². The van der Waals surface area contributed by atoms with Gasteiger partial charge >= 0.3 is 0 Å². The third-order valence-electron chi connectivity index (χ3n) is 5.61. The standard InChI is InChI=1S/C26H31NO/c1-4-21-13-12-18-24(19-21)26(28)20(3)27(5-2)25(22-14-8-6-9-15-22)23-16-10-7-11-17-23/h6-20,25-26,28H,4-5H2,1-3H3/t20-,26+/m0/s1. The molecule has 2 heteroatoms. The lowest BCUT2D eigenvalue weighted by molar-refractivity contribution is 0.0439. The van der Waals surface area contributed by atoms with Gasteiger partial charge in [-0.1, -0.05) is 98.8 Å². The highest BCUT2D eigenvalue weighted by Crippen LogP contribution is 2.33. The van der Waals surface area contributed by atoms with Gasteiger partial charge in [0.05, 0.1) is 12.1 Å². The highest BCUT2D eigenvalue weighted by Gasteiger charge is 2.30. The monoisotopic (exact) mass is 373 g/mol. The summed E-state index contributed by atoms with van der Waals surface area (Å²) in [6, 6.07) is 29.6. The molecule has 0 aliphatic rings. The number of hydrogen-bond acceptors (Lipinski definition) is 2. The van der Waals surface area contributed by atoms with Gasteiger partial charge in [0.1, 0.15) is 0 Å². The molecule has 0 bridgehead atoms. The molecule has 0 heterocycles. The number of likely N-dealkylation sites (N-methyl/N-ethyl adjacent to an activating group) is 1. The Kier molecular flexibility index (Phi) is 7.02. The minimum absolute atomic E-state index is 0.0254. The zero-order valence-corrected chi connectivity index (χ0v) is 17.1. The molecule has 0 saturated carbocycles. The van der Waals surface area contributed by atoms with Gasteiger partial charge in [0.15, 0.2) is 0 Å². The van der Waals surface area contributed by atoms with Crippen molar-refractivity contribution in [3.05, 3.63) is 107 Å². The smallest absolute Gasteiger partial charge is 0.0942 e. The second-order valence-corrected chi connectivity index (χ2v) is 7.34. The number of hydrogen-bond donors (Lipinski definition) is 1. The molecular formula is C26H31NO. The average Bonchev–Trinajstić information content (AvgIpc) is 2.77. The lowest BCUT2D eigenvalue weighted by Gasteiger charge is -2.38. The van der Waals surface area contributed by atoms with Crippen molar-refractivity contribution < 1.29 is 5.11 Å². The van der Waals surface area contributed by atoms with Gasteiger partial charge in [-0.15, -0.1) is 0 Å². The largest absolute Gasteiger partial charge is 0.387 e. The van der Waals surface area contributed by atoms with Crippen LogP contribution in [0.25, 0.3) is 0 Å². The summed E-state index contributed by atoms with van der Waals surface area (Å²) in [6.45, 7) is 7.30. The zero-order chi connectivity index (χ0) is 19.9. The fourth-order valence-corrected chi connectivity index (χ4v) is 4.01. The Morgan fingerprint density at radius 1 is 0.750 bits per heavy atom. The highest BCUT2D eigenvalue weighted by molar-refractivity contribution is 5.33. The van der Waals surface area contributed by atoms with E-state index in [-0.39, 0.29) is 12.1 Å². The fraction of sp³-hybridized carbons (Fsp3) is 0.308. The molecule has 146 valence electrons. The first kappa shape index (κ1) is 20.3. The van der Waals surface area contributed by atoms with E-state index in [9.17, 15) is 5.11 Å². The fourth-order valence-electron chi connectivity index (χ4n) is 4.01. The molecule has 3 aromatic carbocycles. The van der Waals surface area contributed by atoms with Gasteiger partial charge in [-0.05, 0) is 42.1 Å². The Hall–Kier alpha value is -2.42. The first-order valence-corrected chi connectivity index (χ1v) is 10.3. The molecule has 3 aromatic rings. The highest BCUT2D eigenvalue weighted by atomic mass is 16.3. The van der Waals surface area contributed by atoms with E-state index in [1.807, 2.05) is 12.1 Å². The lowest BCUT2D eigenvalue weighted by atomic mass is 9.93. The van der Waals surface area contributed by atoms with Gasteiger partial charge in [-0.2, -0.15) is 0 Å². The molecule has 3 rings (SSSR count). The SMILES string of the molecule is CCc1cccc([C@H](O)[C@H](C)N(CC)C(c2ccccc2)c2ccccc2)c1. The summed E-state index contributed by atoms with van der Waals surface area (Å²) in [7, 11) is 0. The Bertz CT molecular complexity index is 807. The van der Waals surface area contributed by atoms with E-state index in [2.05, 4.69) is 98.5 Å². The summed E-state index contributed by atoms with van der Waals surface area (Å²) in [6.07, 6.45) is 0.435. The van der Waals surface area contributed by atoms with Crippen LogP contribution >= 0.6 is 0 Å². The van der Waals surface area contributed by atoms with Crippen molar-refractivity contribution in [2.75, 3.05) is 6.54 Å². The Morgan fingerprint density at radius 2 is 1.29 bits per heavy atom. The maximum atomic E-state index is 11.2. The third-order valence-corrected chi connectivity index (χ3v) is 5.61. The number of rotatable bonds is 8. The Labute approximate surface area is 169 Å². The molecule has 0 spiro atoms.